The molecular weight excluding hydrogens is 450 g/mol. The average Bonchev–Trinajstić information content (AvgIpc) is 3.45. The van der Waals surface area contributed by atoms with Crippen molar-refractivity contribution in [2.24, 2.45) is 0 Å². The smallest absolute Gasteiger partial charge is 0.0991 e. The van der Waals surface area contributed by atoms with Gasteiger partial charge in [-0.1, -0.05) is 60.7 Å². The van der Waals surface area contributed by atoms with Crippen LogP contribution in [0.5, 0.6) is 0 Å². The topological polar surface area (TPSA) is 33.6 Å². The van der Waals surface area contributed by atoms with E-state index in [-0.39, 0.29) is 0 Å². The van der Waals surface area contributed by atoms with Gasteiger partial charge in [0.25, 0.3) is 0 Å². The fraction of sp³-hybridized carbons (Fsp3) is 0.0882. The quantitative estimate of drug-likeness (QED) is 0.251. The molecule has 0 fully saturated rings. The van der Waals surface area contributed by atoms with Crippen molar-refractivity contribution >= 4 is 43.6 Å². The first-order valence-corrected chi connectivity index (χ1v) is 12.7. The Morgan fingerprint density at radius 3 is 2.16 bits per heavy atom. The minimum Gasteiger partial charge on any atom is -0.340 e. The summed E-state index contributed by atoms with van der Waals surface area (Å²) in [6.45, 7) is 5.21. The normalized spacial score (nSPS) is 11.6. The Balaban J connectivity index is 1.50. The van der Waals surface area contributed by atoms with Crippen LogP contribution in [-0.2, 0) is 6.54 Å². The Morgan fingerprint density at radius 1 is 0.703 bits per heavy atom. The number of nitrogens with zero attached hydrogens (tertiary/aromatic N) is 3. The van der Waals surface area contributed by atoms with Crippen LogP contribution in [0.2, 0.25) is 0 Å². The second-order valence-corrected chi connectivity index (χ2v) is 9.66. The molecule has 7 rings (SSSR count). The summed E-state index contributed by atoms with van der Waals surface area (Å²) >= 11 is 0. The molecule has 0 spiro atoms. The van der Waals surface area contributed by atoms with E-state index in [4.69, 9.17) is 0 Å². The molecular formula is C34H25N3. The first-order chi connectivity index (χ1) is 18.2. The zero-order valence-electron chi connectivity index (χ0n) is 20.9. The monoisotopic (exact) mass is 475 g/mol. The molecule has 0 saturated heterocycles. The van der Waals surface area contributed by atoms with Crippen LogP contribution in [0, 0.1) is 18.3 Å². The molecule has 0 unspecified atom stereocenters. The van der Waals surface area contributed by atoms with Crippen molar-refractivity contribution in [3.8, 4) is 22.9 Å². The molecule has 37 heavy (non-hydrogen) atoms. The zero-order chi connectivity index (χ0) is 25.1. The third-order valence-corrected chi connectivity index (χ3v) is 7.67. The average molecular weight is 476 g/mol. The number of aromatic nitrogens is 2. The van der Waals surface area contributed by atoms with E-state index >= 15 is 0 Å². The molecule has 0 atom stereocenters. The van der Waals surface area contributed by atoms with Gasteiger partial charge in [0.2, 0.25) is 0 Å². The van der Waals surface area contributed by atoms with E-state index in [0.717, 1.165) is 28.9 Å². The summed E-state index contributed by atoms with van der Waals surface area (Å²) in [6.07, 6.45) is 0. The van der Waals surface area contributed by atoms with Crippen LogP contribution in [0.4, 0.5) is 0 Å². The molecule has 176 valence electrons. The molecule has 3 nitrogen and oxygen atoms in total. The second kappa shape index (κ2) is 8.11. The molecule has 0 aliphatic heterocycles. The van der Waals surface area contributed by atoms with Gasteiger partial charge in [0.05, 0.1) is 28.2 Å². The summed E-state index contributed by atoms with van der Waals surface area (Å²) in [6, 6.07) is 38.9. The van der Waals surface area contributed by atoms with E-state index in [1.807, 2.05) is 18.2 Å². The lowest BCUT2D eigenvalue weighted by atomic mass is 9.98. The molecule has 0 saturated carbocycles. The van der Waals surface area contributed by atoms with Gasteiger partial charge in [-0.05, 0) is 73.0 Å². The number of rotatable bonds is 3. The lowest BCUT2D eigenvalue weighted by molar-refractivity contribution is 0.829. The number of fused-ring (bicyclic) bond motifs is 7. The Bertz CT molecular complexity index is 2030. The first kappa shape index (κ1) is 21.5. The van der Waals surface area contributed by atoms with Crippen molar-refractivity contribution in [2.75, 3.05) is 0 Å². The summed E-state index contributed by atoms with van der Waals surface area (Å²) in [5.74, 6) is 0. The van der Waals surface area contributed by atoms with E-state index in [1.165, 1.54) is 43.6 Å². The number of benzene rings is 5. The predicted molar refractivity (Wildman–Crippen MR) is 154 cm³/mol. The van der Waals surface area contributed by atoms with Gasteiger partial charge in [-0.25, -0.2) is 0 Å². The number of nitriles is 1. The van der Waals surface area contributed by atoms with Crippen LogP contribution < -0.4 is 0 Å². The van der Waals surface area contributed by atoms with Gasteiger partial charge in [-0.15, -0.1) is 0 Å². The Hall–Kier alpha value is -4.81. The van der Waals surface area contributed by atoms with Gasteiger partial charge < -0.3 is 9.13 Å². The molecule has 7 aromatic rings. The third kappa shape index (κ3) is 3.06. The highest BCUT2D eigenvalue weighted by Crippen LogP contribution is 2.40. The molecule has 0 radical (unpaired) electrons. The van der Waals surface area contributed by atoms with Gasteiger partial charge >= 0.3 is 0 Å². The van der Waals surface area contributed by atoms with Gasteiger partial charge in [-0.2, -0.15) is 5.26 Å². The third-order valence-electron chi connectivity index (χ3n) is 7.67. The molecule has 3 heteroatoms. The Labute approximate surface area is 215 Å². The van der Waals surface area contributed by atoms with Crippen LogP contribution in [-0.4, -0.2) is 9.13 Å². The maximum atomic E-state index is 9.22. The van der Waals surface area contributed by atoms with Gasteiger partial charge in [-0.3, -0.25) is 0 Å². The molecule has 0 N–H and O–H groups in total. The first-order valence-electron chi connectivity index (χ1n) is 12.7. The van der Waals surface area contributed by atoms with Gasteiger partial charge in [0.1, 0.15) is 0 Å². The molecule has 0 bridgehead atoms. The maximum absolute atomic E-state index is 9.22. The van der Waals surface area contributed by atoms with Crippen LogP contribution >= 0.6 is 0 Å². The van der Waals surface area contributed by atoms with Crippen molar-refractivity contribution in [1.29, 1.82) is 5.26 Å². The van der Waals surface area contributed by atoms with E-state index < -0.39 is 0 Å². The molecule has 2 heterocycles. The van der Waals surface area contributed by atoms with Crippen molar-refractivity contribution in [2.45, 2.75) is 20.4 Å². The highest BCUT2D eigenvalue weighted by atomic mass is 15.0. The molecule has 0 aliphatic carbocycles. The zero-order valence-corrected chi connectivity index (χ0v) is 20.9. The summed E-state index contributed by atoms with van der Waals surface area (Å²) in [5.41, 5.74) is 10.3. The molecule has 0 amide bonds. The molecule has 5 aromatic carbocycles. The van der Waals surface area contributed by atoms with Crippen molar-refractivity contribution in [3.63, 3.8) is 0 Å². The summed E-state index contributed by atoms with van der Waals surface area (Å²) < 4.78 is 4.84. The highest BCUT2D eigenvalue weighted by Gasteiger charge is 2.19. The van der Waals surface area contributed by atoms with Crippen LogP contribution in [0.3, 0.4) is 0 Å². The van der Waals surface area contributed by atoms with E-state index in [9.17, 15) is 5.26 Å². The van der Waals surface area contributed by atoms with Crippen molar-refractivity contribution < 1.29 is 0 Å². The molecule has 0 aliphatic rings. The van der Waals surface area contributed by atoms with Gasteiger partial charge in [0.15, 0.2) is 0 Å². The predicted octanol–water partition coefficient (Wildman–Crippen LogP) is 8.76. The maximum Gasteiger partial charge on any atom is 0.0991 e. The number of aryl methyl sites for hydroxylation is 2. The fourth-order valence-corrected chi connectivity index (χ4v) is 6.05. The van der Waals surface area contributed by atoms with E-state index in [2.05, 4.69) is 114 Å². The summed E-state index contributed by atoms with van der Waals surface area (Å²) in [5, 5.41) is 14.4. The molecule has 2 aromatic heterocycles. The lowest BCUT2D eigenvalue weighted by Crippen LogP contribution is -1.95. The standard InChI is InChI=1S/C34H25N3/c1-3-36-30-10-6-4-8-27(30)28-18-19-32-33(34(28)36)29-9-5-7-11-31(29)37(32)25-15-13-24(14-16-25)26-17-12-23(21-35)20-22(26)2/h4-20H,3H2,1-2H3. The number of hydrogen-bond donors (Lipinski definition) is 0. The second-order valence-electron chi connectivity index (χ2n) is 9.66. The lowest BCUT2D eigenvalue weighted by Gasteiger charge is -2.11. The number of para-hydroxylation sites is 2. The minimum absolute atomic E-state index is 0.693. The van der Waals surface area contributed by atoms with Crippen molar-refractivity contribution in [3.05, 3.63) is 114 Å². The Kier molecular flexibility index (Phi) is 4.71. The number of hydrogen-bond acceptors (Lipinski definition) is 1. The van der Waals surface area contributed by atoms with Crippen LogP contribution in [0.25, 0.3) is 60.4 Å². The van der Waals surface area contributed by atoms with Gasteiger partial charge in [0, 0.05) is 39.3 Å². The highest BCUT2D eigenvalue weighted by molar-refractivity contribution is 6.25. The van der Waals surface area contributed by atoms with E-state index in [0.29, 0.717) is 5.56 Å². The fourth-order valence-electron chi connectivity index (χ4n) is 6.05. The van der Waals surface area contributed by atoms with Crippen LogP contribution in [0.15, 0.2) is 103 Å². The summed E-state index contributed by atoms with van der Waals surface area (Å²) in [4.78, 5) is 0. The van der Waals surface area contributed by atoms with Crippen molar-refractivity contribution in [1.82, 2.24) is 9.13 Å². The summed E-state index contributed by atoms with van der Waals surface area (Å²) in [7, 11) is 0. The Morgan fingerprint density at radius 2 is 1.43 bits per heavy atom. The SMILES string of the molecule is CCn1c2ccccc2c2ccc3c(c4ccccc4n3-c3ccc(-c4ccc(C#N)cc4C)cc3)c21. The largest absolute Gasteiger partial charge is 0.340 e. The van der Waals surface area contributed by atoms with Crippen LogP contribution in [0.1, 0.15) is 18.1 Å². The van der Waals surface area contributed by atoms with E-state index in [1.54, 1.807) is 0 Å². The minimum atomic E-state index is 0.693.